The third-order valence-electron chi connectivity index (χ3n) is 3.03. The van der Waals surface area contributed by atoms with Gasteiger partial charge in [0.2, 0.25) is 0 Å². The van der Waals surface area contributed by atoms with Gasteiger partial charge >= 0.3 is 5.97 Å². The first kappa shape index (κ1) is 13.4. The van der Waals surface area contributed by atoms with E-state index in [4.69, 9.17) is 9.52 Å². The molecule has 0 saturated carbocycles. The zero-order chi connectivity index (χ0) is 13.8. The average Bonchev–Trinajstić information content (AvgIpc) is 2.66. The predicted molar refractivity (Wildman–Crippen MR) is 74.1 cm³/mol. The van der Waals surface area contributed by atoms with E-state index >= 15 is 0 Å². The summed E-state index contributed by atoms with van der Waals surface area (Å²) < 4.78 is 5.68. The maximum absolute atomic E-state index is 10.9. The van der Waals surface area contributed by atoms with Gasteiger partial charge in [0.25, 0.3) is 0 Å². The SMILES string of the molecule is C=CCN(CC(=O)O)Cc1c(C)oc2ccccc12. The van der Waals surface area contributed by atoms with Crippen molar-refractivity contribution < 1.29 is 14.3 Å². The summed E-state index contributed by atoms with van der Waals surface area (Å²) in [5.74, 6) is -0.00652. The van der Waals surface area contributed by atoms with E-state index in [0.717, 1.165) is 22.3 Å². The molecule has 0 atom stereocenters. The van der Waals surface area contributed by atoms with Gasteiger partial charge in [-0.25, -0.2) is 0 Å². The molecule has 1 N–H and O–H groups in total. The molecule has 0 unspecified atom stereocenters. The monoisotopic (exact) mass is 259 g/mol. The Balaban J connectivity index is 2.30. The van der Waals surface area contributed by atoms with Crippen molar-refractivity contribution >= 4 is 16.9 Å². The number of hydrogen-bond donors (Lipinski definition) is 1. The van der Waals surface area contributed by atoms with Crippen LogP contribution >= 0.6 is 0 Å². The smallest absolute Gasteiger partial charge is 0.317 e. The molecule has 4 heteroatoms. The largest absolute Gasteiger partial charge is 0.480 e. The molecule has 4 nitrogen and oxygen atoms in total. The molecule has 1 aromatic heterocycles. The van der Waals surface area contributed by atoms with Crippen molar-refractivity contribution in [3.63, 3.8) is 0 Å². The first-order chi connectivity index (χ1) is 9.11. The molecule has 0 aliphatic heterocycles. The number of aryl methyl sites for hydroxylation is 1. The molecule has 1 heterocycles. The molecule has 0 radical (unpaired) electrons. The Hall–Kier alpha value is -2.07. The van der Waals surface area contributed by atoms with Gasteiger partial charge in [0.05, 0.1) is 6.54 Å². The van der Waals surface area contributed by atoms with E-state index in [0.29, 0.717) is 13.1 Å². The fourth-order valence-corrected chi connectivity index (χ4v) is 2.20. The van der Waals surface area contributed by atoms with Crippen LogP contribution in [0.3, 0.4) is 0 Å². The predicted octanol–water partition coefficient (Wildman–Crippen LogP) is 2.81. The van der Waals surface area contributed by atoms with Gasteiger partial charge in [0, 0.05) is 24.0 Å². The van der Waals surface area contributed by atoms with Crippen molar-refractivity contribution in [3.8, 4) is 0 Å². The van der Waals surface area contributed by atoms with Gasteiger partial charge in [-0.15, -0.1) is 6.58 Å². The van der Waals surface area contributed by atoms with E-state index < -0.39 is 5.97 Å². The Labute approximate surface area is 111 Å². The third-order valence-corrected chi connectivity index (χ3v) is 3.03. The van der Waals surface area contributed by atoms with Crippen LogP contribution in [-0.4, -0.2) is 29.1 Å². The summed E-state index contributed by atoms with van der Waals surface area (Å²) in [6.07, 6.45) is 1.71. The number of rotatable bonds is 6. The molecule has 2 aromatic rings. The van der Waals surface area contributed by atoms with E-state index in [-0.39, 0.29) is 6.54 Å². The van der Waals surface area contributed by atoms with Crippen molar-refractivity contribution in [3.05, 3.63) is 48.2 Å². The summed E-state index contributed by atoms with van der Waals surface area (Å²) in [4.78, 5) is 12.7. The summed E-state index contributed by atoms with van der Waals surface area (Å²) in [6, 6.07) is 7.79. The van der Waals surface area contributed by atoms with Gasteiger partial charge in [-0.1, -0.05) is 24.3 Å². The maximum atomic E-state index is 10.9. The number of hydrogen-bond acceptors (Lipinski definition) is 3. The second kappa shape index (κ2) is 5.71. The normalized spacial score (nSPS) is 11.1. The highest BCUT2D eigenvalue weighted by Crippen LogP contribution is 2.26. The Morgan fingerprint density at radius 3 is 2.89 bits per heavy atom. The summed E-state index contributed by atoms with van der Waals surface area (Å²) in [7, 11) is 0. The summed E-state index contributed by atoms with van der Waals surface area (Å²) >= 11 is 0. The number of carbonyl (C=O) groups is 1. The highest BCUT2D eigenvalue weighted by molar-refractivity contribution is 5.82. The Morgan fingerprint density at radius 2 is 2.21 bits per heavy atom. The van der Waals surface area contributed by atoms with E-state index in [1.807, 2.05) is 36.1 Å². The first-order valence-electron chi connectivity index (χ1n) is 6.14. The lowest BCUT2D eigenvalue weighted by Gasteiger charge is -2.18. The van der Waals surface area contributed by atoms with Crippen LogP contribution in [0.1, 0.15) is 11.3 Å². The van der Waals surface area contributed by atoms with Crippen LogP contribution in [0.5, 0.6) is 0 Å². The lowest BCUT2D eigenvalue weighted by atomic mass is 10.1. The van der Waals surface area contributed by atoms with Gasteiger partial charge in [0.1, 0.15) is 11.3 Å². The van der Waals surface area contributed by atoms with E-state index in [2.05, 4.69) is 6.58 Å². The molecule has 0 saturated heterocycles. The van der Waals surface area contributed by atoms with Crippen molar-refractivity contribution in [2.24, 2.45) is 0 Å². The molecular formula is C15H17NO3. The van der Waals surface area contributed by atoms with Crippen LogP contribution in [0.15, 0.2) is 41.3 Å². The Bertz CT molecular complexity index is 600. The number of furan rings is 1. The molecule has 2 rings (SSSR count). The van der Waals surface area contributed by atoms with Crippen molar-refractivity contribution in [2.75, 3.05) is 13.1 Å². The lowest BCUT2D eigenvalue weighted by Crippen LogP contribution is -2.29. The number of aliphatic carboxylic acids is 1. The van der Waals surface area contributed by atoms with Gasteiger partial charge in [-0.2, -0.15) is 0 Å². The van der Waals surface area contributed by atoms with Gasteiger partial charge in [0.15, 0.2) is 0 Å². The molecule has 0 spiro atoms. The van der Waals surface area contributed by atoms with Gasteiger partial charge in [-0.05, 0) is 13.0 Å². The number of carboxylic acid groups (broad SMARTS) is 1. The minimum atomic E-state index is -0.840. The molecule has 100 valence electrons. The minimum absolute atomic E-state index is 0.00896. The fourth-order valence-electron chi connectivity index (χ4n) is 2.20. The van der Waals surface area contributed by atoms with Crippen molar-refractivity contribution in [1.82, 2.24) is 4.90 Å². The van der Waals surface area contributed by atoms with Crippen LogP contribution in [0.25, 0.3) is 11.0 Å². The summed E-state index contributed by atoms with van der Waals surface area (Å²) in [6.45, 7) is 6.64. The van der Waals surface area contributed by atoms with Gasteiger partial charge in [-0.3, -0.25) is 9.69 Å². The lowest BCUT2D eigenvalue weighted by molar-refractivity contribution is -0.138. The minimum Gasteiger partial charge on any atom is -0.480 e. The van der Waals surface area contributed by atoms with E-state index in [1.54, 1.807) is 6.08 Å². The quantitative estimate of drug-likeness (QED) is 0.810. The second-order valence-corrected chi connectivity index (χ2v) is 4.48. The molecule has 0 amide bonds. The third kappa shape index (κ3) is 3.03. The number of fused-ring (bicyclic) bond motifs is 1. The molecule has 1 aromatic carbocycles. The summed E-state index contributed by atoms with van der Waals surface area (Å²) in [5.41, 5.74) is 1.88. The fraction of sp³-hybridized carbons (Fsp3) is 0.267. The molecular weight excluding hydrogens is 242 g/mol. The zero-order valence-electron chi connectivity index (χ0n) is 10.9. The van der Waals surface area contributed by atoms with Crippen LogP contribution < -0.4 is 0 Å². The standard InChI is InChI=1S/C15H17NO3/c1-3-8-16(10-15(17)18)9-13-11(2)19-14-7-5-4-6-12(13)14/h3-7H,1,8-10H2,2H3,(H,17,18). The van der Waals surface area contributed by atoms with Gasteiger partial charge < -0.3 is 9.52 Å². The Kier molecular flexibility index (Phi) is 4.02. The molecule has 0 fully saturated rings. The molecule has 0 aliphatic carbocycles. The van der Waals surface area contributed by atoms with Crippen LogP contribution in [0.2, 0.25) is 0 Å². The highest BCUT2D eigenvalue weighted by Gasteiger charge is 2.15. The number of nitrogens with zero attached hydrogens (tertiary/aromatic N) is 1. The highest BCUT2D eigenvalue weighted by atomic mass is 16.4. The second-order valence-electron chi connectivity index (χ2n) is 4.48. The number of benzene rings is 1. The molecule has 0 bridgehead atoms. The van der Waals surface area contributed by atoms with E-state index in [9.17, 15) is 4.79 Å². The van der Waals surface area contributed by atoms with Crippen LogP contribution in [-0.2, 0) is 11.3 Å². The van der Waals surface area contributed by atoms with Crippen LogP contribution in [0, 0.1) is 6.92 Å². The Morgan fingerprint density at radius 1 is 1.47 bits per heavy atom. The summed E-state index contributed by atoms with van der Waals surface area (Å²) in [5, 5.41) is 9.96. The molecule has 19 heavy (non-hydrogen) atoms. The number of carboxylic acids is 1. The van der Waals surface area contributed by atoms with Crippen LogP contribution in [0.4, 0.5) is 0 Å². The average molecular weight is 259 g/mol. The van der Waals surface area contributed by atoms with Crippen molar-refractivity contribution in [1.29, 1.82) is 0 Å². The first-order valence-corrected chi connectivity index (χ1v) is 6.14. The zero-order valence-corrected chi connectivity index (χ0v) is 10.9. The molecule has 0 aliphatic rings. The van der Waals surface area contributed by atoms with Crippen molar-refractivity contribution in [2.45, 2.75) is 13.5 Å². The maximum Gasteiger partial charge on any atom is 0.317 e. The topological polar surface area (TPSA) is 53.7 Å². The van der Waals surface area contributed by atoms with E-state index in [1.165, 1.54) is 0 Å². The number of para-hydroxylation sites is 1.